The van der Waals surface area contributed by atoms with E-state index in [4.69, 9.17) is 0 Å². The van der Waals surface area contributed by atoms with Crippen LogP contribution in [-0.4, -0.2) is 24.1 Å². The standard InChI is InChI=1S/C18H21FN2O3/c1-10-6-11(9-22)7-16(20-10)14-3-2-12(8-15(14)19)13-4-5-17(23)21-18(13)24/h2-3,8-11,13,16,20H,4-7H2,1H3,(H,21,23,24). The highest BCUT2D eigenvalue weighted by Crippen LogP contribution is 2.33. The Morgan fingerprint density at radius 3 is 2.71 bits per heavy atom. The van der Waals surface area contributed by atoms with E-state index < -0.39 is 5.92 Å². The van der Waals surface area contributed by atoms with E-state index in [1.165, 1.54) is 6.07 Å². The summed E-state index contributed by atoms with van der Waals surface area (Å²) < 4.78 is 14.6. The number of amides is 2. The highest BCUT2D eigenvalue weighted by molar-refractivity contribution is 6.00. The maximum absolute atomic E-state index is 14.6. The van der Waals surface area contributed by atoms with Gasteiger partial charge in [-0.15, -0.1) is 0 Å². The lowest BCUT2D eigenvalue weighted by molar-refractivity contribution is -0.134. The third kappa shape index (κ3) is 3.38. The molecule has 0 spiro atoms. The molecule has 128 valence electrons. The number of hydrogen-bond acceptors (Lipinski definition) is 4. The van der Waals surface area contributed by atoms with E-state index in [0.717, 1.165) is 12.7 Å². The molecule has 0 saturated carbocycles. The smallest absolute Gasteiger partial charge is 0.234 e. The van der Waals surface area contributed by atoms with Crippen LogP contribution in [0.25, 0.3) is 0 Å². The van der Waals surface area contributed by atoms with Crippen LogP contribution in [0, 0.1) is 11.7 Å². The average molecular weight is 332 g/mol. The van der Waals surface area contributed by atoms with Crippen LogP contribution in [0.3, 0.4) is 0 Å². The summed E-state index contributed by atoms with van der Waals surface area (Å²) in [5, 5.41) is 5.62. The number of hydrogen-bond donors (Lipinski definition) is 2. The Labute approximate surface area is 140 Å². The summed E-state index contributed by atoms with van der Waals surface area (Å²) >= 11 is 0. The number of nitrogens with one attached hydrogen (secondary N) is 2. The molecule has 4 unspecified atom stereocenters. The third-order valence-corrected chi connectivity index (χ3v) is 4.91. The van der Waals surface area contributed by atoms with Gasteiger partial charge in [0.2, 0.25) is 11.8 Å². The van der Waals surface area contributed by atoms with Gasteiger partial charge in [0.15, 0.2) is 0 Å². The van der Waals surface area contributed by atoms with Gasteiger partial charge in [-0.2, -0.15) is 0 Å². The highest BCUT2D eigenvalue weighted by atomic mass is 19.1. The largest absolute Gasteiger partial charge is 0.307 e. The van der Waals surface area contributed by atoms with Crippen molar-refractivity contribution < 1.29 is 18.8 Å². The molecule has 5 nitrogen and oxygen atoms in total. The molecule has 2 heterocycles. The molecule has 2 aliphatic heterocycles. The molecule has 2 fully saturated rings. The van der Waals surface area contributed by atoms with E-state index in [0.29, 0.717) is 24.0 Å². The Hall–Kier alpha value is -2.08. The van der Waals surface area contributed by atoms with Gasteiger partial charge in [0.05, 0.1) is 5.92 Å². The molecule has 24 heavy (non-hydrogen) atoms. The molecule has 0 radical (unpaired) electrons. The van der Waals surface area contributed by atoms with E-state index in [1.54, 1.807) is 12.1 Å². The van der Waals surface area contributed by atoms with Crippen LogP contribution >= 0.6 is 0 Å². The first-order valence-electron chi connectivity index (χ1n) is 8.32. The zero-order valence-electron chi connectivity index (χ0n) is 13.5. The van der Waals surface area contributed by atoms with Crippen molar-refractivity contribution in [2.45, 2.75) is 50.6 Å². The van der Waals surface area contributed by atoms with Crippen molar-refractivity contribution in [3.05, 3.63) is 35.1 Å². The lowest BCUT2D eigenvalue weighted by atomic mass is 9.84. The minimum absolute atomic E-state index is 0.0690. The molecule has 2 amide bonds. The number of piperidine rings is 2. The lowest BCUT2D eigenvalue weighted by Crippen LogP contribution is -2.40. The van der Waals surface area contributed by atoms with Crippen LogP contribution in [0.4, 0.5) is 4.39 Å². The van der Waals surface area contributed by atoms with E-state index >= 15 is 0 Å². The van der Waals surface area contributed by atoms with Crippen molar-refractivity contribution in [1.82, 2.24) is 10.6 Å². The second-order valence-electron chi connectivity index (χ2n) is 6.77. The number of aldehydes is 1. The minimum Gasteiger partial charge on any atom is -0.307 e. The Morgan fingerprint density at radius 2 is 2.04 bits per heavy atom. The molecule has 2 aliphatic rings. The summed E-state index contributed by atoms with van der Waals surface area (Å²) in [4.78, 5) is 34.2. The van der Waals surface area contributed by atoms with Crippen molar-refractivity contribution in [3.8, 4) is 0 Å². The van der Waals surface area contributed by atoms with E-state index in [1.807, 2.05) is 6.92 Å². The highest BCUT2D eigenvalue weighted by Gasteiger charge is 2.31. The number of carbonyl (C=O) groups is 3. The summed E-state index contributed by atoms with van der Waals surface area (Å²) in [6.45, 7) is 1.98. The summed E-state index contributed by atoms with van der Waals surface area (Å²) in [5.41, 5.74) is 1.10. The predicted octanol–water partition coefficient (Wildman–Crippen LogP) is 1.97. The molecule has 4 atom stereocenters. The quantitative estimate of drug-likeness (QED) is 0.655. The van der Waals surface area contributed by atoms with E-state index in [-0.39, 0.29) is 42.1 Å². The summed E-state index contributed by atoms with van der Waals surface area (Å²) in [6, 6.07) is 4.75. The van der Waals surface area contributed by atoms with Crippen molar-refractivity contribution in [2.75, 3.05) is 0 Å². The van der Waals surface area contributed by atoms with Gasteiger partial charge < -0.3 is 10.1 Å². The third-order valence-electron chi connectivity index (χ3n) is 4.91. The lowest BCUT2D eigenvalue weighted by Gasteiger charge is -2.33. The summed E-state index contributed by atoms with van der Waals surface area (Å²) in [5.74, 6) is -1.60. The van der Waals surface area contributed by atoms with Crippen LogP contribution < -0.4 is 10.6 Å². The van der Waals surface area contributed by atoms with Gasteiger partial charge in [0.25, 0.3) is 0 Å². The zero-order chi connectivity index (χ0) is 17.3. The van der Waals surface area contributed by atoms with E-state index in [2.05, 4.69) is 10.6 Å². The molecular weight excluding hydrogens is 311 g/mol. The van der Waals surface area contributed by atoms with Crippen LogP contribution in [0.5, 0.6) is 0 Å². The maximum Gasteiger partial charge on any atom is 0.234 e. The normalized spacial score (nSPS) is 30.8. The molecule has 0 bridgehead atoms. The molecule has 2 saturated heterocycles. The van der Waals surface area contributed by atoms with E-state index in [9.17, 15) is 18.8 Å². The van der Waals surface area contributed by atoms with Gasteiger partial charge in [0.1, 0.15) is 12.1 Å². The fourth-order valence-electron chi connectivity index (χ4n) is 3.71. The fourth-order valence-corrected chi connectivity index (χ4v) is 3.71. The summed E-state index contributed by atoms with van der Waals surface area (Å²) in [7, 11) is 0. The SMILES string of the molecule is CC1CC(C=O)CC(c2ccc(C3CCC(=O)NC3=O)cc2F)N1. The average Bonchev–Trinajstić information content (AvgIpc) is 2.54. The summed E-state index contributed by atoms with van der Waals surface area (Å²) in [6.07, 6.45) is 2.94. The van der Waals surface area contributed by atoms with Gasteiger partial charge >= 0.3 is 0 Å². The molecule has 0 aromatic heterocycles. The Morgan fingerprint density at radius 1 is 1.25 bits per heavy atom. The van der Waals surface area contributed by atoms with Crippen LogP contribution in [-0.2, 0) is 14.4 Å². The molecule has 1 aromatic carbocycles. The van der Waals surface area contributed by atoms with Gasteiger partial charge in [-0.25, -0.2) is 4.39 Å². The topological polar surface area (TPSA) is 75.3 Å². The van der Waals surface area contributed by atoms with Gasteiger partial charge in [-0.1, -0.05) is 12.1 Å². The number of imide groups is 1. The predicted molar refractivity (Wildman–Crippen MR) is 85.7 cm³/mol. The van der Waals surface area contributed by atoms with Gasteiger partial charge in [0, 0.05) is 30.0 Å². The number of benzene rings is 1. The molecule has 0 aliphatic carbocycles. The minimum atomic E-state index is -0.493. The second kappa shape index (κ2) is 6.81. The molecule has 6 heteroatoms. The number of halogens is 1. The maximum atomic E-state index is 14.6. The van der Waals surface area contributed by atoms with Crippen molar-refractivity contribution >= 4 is 18.1 Å². The first-order valence-corrected chi connectivity index (χ1v) is 8.32. The van der Waals surface area contributed by atoms with Crippen molar-refractivity contribution in [2.24, 2.45) is 5.92 Å². The first kappa shape index (κ1) is 16.8. The Balaban J connectivity index is 1.81. The van der Waals surface area contributed by atoms with Crippen molar-refractivity contribution in [1.29, 1.82) is 0 Å². The van der Waals surface area contributed by atoms with Gasteiger partial charge in [-0.05, 0) is 37.8 Å². The Bertz CT molecular complexity index is 676. The molecule has 3 rings (SSSR count). The number of rotatable bonds is 3. The van der Waals surface area contributed by atoms with Crippen LogP contribution in [0.1, 0.15) is 55.7 Å². The fraction of sp³-hybridized carbons (Fsp3) is 0.500. The number of carbonyl (C=O) groups excluding carboxylic acids is 3. The zero-order valence-corrected chi connectivity index (χ0v) is 13.5. The van der Waals surface area contributed by atoms with Crippen molar-refractivity contribution in [3.63, 3.8) is 0 Å². The molecular formula is C18H21FN2O3. The van der Waals surface area contributed by atoms with Gasteiger partial charge in [-0.3, -0.25) is 14.9 Å². The van der Waals surface area contributed by atoms with Crippen LogP contribution in [0.2, 0.25) is 0 Å². The van der Waals surface area contributed by atoms with Crippen LogP contribution in [0.15, 0.2) is 18.2 Å². The molecule has 2 N–H and O–H groups in total. The Kier molecular flexibility index (Phi) is 4.76. The monoisotopic (exact) mass is 332 g/mol. The molecule has 1 aromatic rings. The second-order valence-corrected chi connectivity index (χ2v) is 6.77. The first-order chi connectivity index (χ1) is 11.5.